The second-order valence-corrected chi connectivity index (χ2v) is 7.57. The summed E-state index contributed by atoms with van der Waals surface area (Å²) in [6.07, 6.45) is 6.79. The summed E-state index contributed by atoms with van der Waals surface area (Å²) < 4.78 is 1.78. The van der Waals surface area contributed by atoms with E-state index in [2.05, 4.69) is 41.3 Å². The lowest BCUT2D eigenvalue weighted by atomic mass is 10.1. The summed E-state index contributed by atoms with van der Waals surface area (Å²) in [5.74, 6) is 0.273. The molecule has 0 spiro atoms. The van der Waals surface area contributed by atoms with Crippen molar-refractivity contribution in [2.75, 3.05) is 13.1 Å². The molecule has 0 N–H and O–H groups in total. The topological polar surface area (TPSA) is 51.0 Å². The van der Waals surface area contributed by atoms with Crippen LogP contribution < -0.4 is 0 Å². The maximum Gasteiger partial charge on any atom is 0.222 e. The molecule has 0 unspecified atom stereocenters. The summed E-state index contributed by atoms with van der Waals surface area (Å²) in [7, 11) is 0. The molecule has 6 heteroatoms. The molecule has 2 heterocycles. The van der Waals surface area contributed by atoms with E-state index in [9.17, 15) is 4.79 Å². The molecule has 0 aliphatic carbocycles. The number of benzene rings is 1. The molecule has 1 fully saturated rings. The summed E-state index contributed by atoms with van der Waals surface area (Å²) >= 11 is 1.96. The normalized spacial score (nSPS) is 15.6. The van der Waals surface area contributed by atoms with E-state index < -0.39 is 0 Å². The molecule has 1 amide bonds. The lowest BCUT2D eigenvalue weighted by molar-refractivity contribution is -0.132. The van der Waals surface area contributed by atoms with Crippen LogP contribution in [0, 0.1) is 6.92 Å². The molecular weight excluding hydrogens is 320 g/mol. The number of amides is 1. The van der Waals surface area contributed by atoms with E-state index in [0.29, 0.717) is 11.7 Å². The van der Waals surface area contributed by atoms with Gasteiger partial charge in [0.25, 0.3) is 0 Å². The number of carbonyl (C=O) groups is 1. The average Bonchev–Trinajstić information content (AvgIpc) is 3.11. The van der Waals surface area contributed by atoms with Crippen LogP contribution in [-0.4, -0.2) is 43.9 Å². The van der Waals surface area contributed by atoms with Crippen molar-refractivity contribution < 1.29 is 4.79 Å². The fraction of sp³-hybridized carbons (Fsp3) is 0.500. The van der Waals surface area contributed by atoms with Crippen molar-refractivity contribution in [1.29, 1.82) is 0 Å². The van der Waals surface area contributed by atoms with Gasteiger partial charge in [-0.2, -0.15) is 5.10 Å². The first kappa shape index (κ1) is 17.0. The van der Waals surface area contributed by atoms with Crippen LogP contribution in [0.25, 0.3) is 0 Å². The van der Waals surface area contributed by atoms with Crippen molar-refractivity contribution in [3.05, 3.63) is 42.5 Å². The third-order valence-electron chi connectivity index (χ3n) is 4.43. The fourth-order valence-corrected chi connectivity index (χ4v) is 4.21. The molecule has 2 aromatic rings. The second kappa shape index (κ2) is 8.33. The lowest BCUT2D eigenvalue weighted by Gasteiger charge is -2.32. The van der Waals surface area contributed by atoms with Gasteiger partial charge in [0.15, 0.2) is 0 Å². The Morgan fingerprint density at radius 1 is 1.29 bits per heavy atom. The molecule has 128 valence electrons. The van der Waals surface area contributed by atoms with Crippen LogP contribution in [-0.2, 0) is 11.3 Å². The number of hydrogen-bond donors (Lipinski definition) is 0. The Kier molecular flexibility index (Phi) is 5.91. The molecule has 1 aromatic heterocycles. The molecule has 0 atom stereocenters. The summed E-state index contributed by atoms with van der Waals surface area (Å²) in [6.45, 7) is 4.68. The van der Waals surface area contributed by atoms with E-state index in [1.54, 1.807) is 11.0 Å². The number of likely N-dealkylation sites (tertiary alicyclic amines) is 1. The molecule has 5 nitrogen and oxygen atoms in total. The lowest BCUT2D eigenvalue weighted by Crippen LogP contribution is -2.39. The van der Waals surface area contributed by atoms with Crippen LogP contribution in [0.1, 0.15) is 31.2 Å². The number of thioether (sulfide) groups is 1. The van der Waals surface area contributed by atoms with Crippen molar-refractivity contribution in [3.63, 3.8) is 0 Å². The van der Waals surface area contributed by atoms with Gasteiger partial charge in [-0.15, -0.1) is 11.8 Å². The first-order valence-electron chi connectivity index (χ1n) is 8.55. The van der Waals surface area contributed by atoms with Crippen LogP contribution in [0.15, 0.2) is 41.8 Å². The average molecular weight is 344 g/mol. The van der Waals surface area contributed by atoms with Crippen LogP contribution >= 0.6 is 11.8 Å². The first-order valence-corrected chi connectivity index (χ1v) is 9.43. The highest BCUT2D eigenvalue weighted by Crippen LogP contribution is 2.32. The maximum atomic E-state index is 12.3. The molecule has 24 heavy (non-hydrogen) atoms. The van der Waals surface area contributed by atoms with Crippen LogP contribution in [0.3, 0.4) is 0 Å². The number of aryl methyl sites for hydroxylation is 2. The quantitative estimate of drug-likeness (QED) is 0.808. The van der Waals surface area contributed by atoms with Gasteiger partial charge in [0.05, 0.1) is 0 Å². The predicted octanol–water partition coefficient (Wildman–Crippen LogP) is 3.15. The van der Waals surface area contributed by atoms with Gasteiger partial charge in [-0.25, -0.2) is 4.98 Å². The number of rotatable bonds is 6. The molecule has 1 aliphatic rings. The number of carbonyl (C=O) groups excluding carboxylic acids is 1. The summed E-state index contributed by atoms with van der Waals surface area (Å²) in [6, 6.07) is 8.54. The summed E-state index contributed by atoms with van der Waals surface area (Å²) in [5, 5.41) is 4.68. The third-order valence-corrected chi connectivity index (χ3v) is 5.94. The zero-order valence-corrected chi connectivity index (χ0v) is 14.9. The highest BCUT2D eigenvalue weighted by Gasteiger charge is 2.23. The Bertz CT molecular complexity index is 651. The number of nitrogens with zero attached hydrogens (tertiary/aromatic N) is 4. The highest BCUT2D eigenvalue weighted by molar-refractivity contribution is 8.00. The zero-order chi connectivity index (χ0) is 16.8. The van der Waals surface area contributed by atoms with Crippen molar-refractivity contribution in [1.82, 2.24) is 19.7 Å². The van der Waals surface area contributed by atoms with Gasteiger partial charge >= 0.3 is 0 Å². The minimum atomic E-state index is 0.273. The Morgan fingerprint density at radius 3 is 2.79 bits per heavy atom. The van der Waals surface area contributed by atoms with E-state index in [1.807, 2.05) is 16.7 Å². The van der Waals surface area contributed by atoms with Crippen molar-refractivity contribution in [2.24, 2.45) is 0 Å². The minimum Gasteiger partial charge on any atom is -0.343 e. The Balaban J connectivity index is 1.39. The monoisotopic (exact) mass is 344 g/mol. The van der Waals surface area contributed by atoms with Crippen molar-refractivity contribution in [3.8, 4) is 0 Å². The van der Waals surface area contributed by atoms with E-state index >= 15 is 0 Å². The third kappa shape index (κ3) is 4.60. The fourth-order valence-electron chi connectivity index (χ4n) is 2.99. The van der Waals surface area contributed by atoms with Gasteiger partial charge in [0.1, 0.15) is 12.7 Å². The van der Waals surface area contributed by atoms with Gasteiger partial charge in [-0.3, -0.25) is 9.48 Å². The standard InChI is InChI=1S/C18H24N4OS/c1-15-5-2-3-6-17(15)24-16-8-11-21(12-9-16)18(23)7-4-10-22-14-19-13-20-22/h2-3,5-6,13-14,16H,4,7-12H2,1H3. The molecular formula is C18H24N4OS. The Labute approximate surface area is 147 Å². The van der Waals surface area contributed by atoms with E-state index in [0.717, 1.165) is 38.9 Å². The van der Waals surface area contributed by atoms with Gasteiger partial charge < -0.3 is 4.90 Å². The van der Waals surface area contributed by atoms with Crippen molar-refractivity contribution in [2.45, 2.75) is 49.3 Å². The zero-order valence-electron chi connectivity index (χ0n) is 14.1. The van der Waals surface area contributed by atoms with Crippen LogP contribution in [0.5, 0.6) is 0 Å². The molecule has 1 aromatic carbocycles. The van der Waals surface area contributed by atoms with E-state index in [4.69, 9.17) is 0 Å². The van der Waals surface area contributed by atoms with E-state index in [-0.39, 0.29) is 5.91 Å². The largest absolute Gasteiger partial charge is 0.343 e. The molecule has 0 radical (unpaired) electrons. The van der Waals surface area contributed by atoms with Crippen LogP contribution in [0.4, 0.5) is 0 Å². The molecule has 1 saturated heterocycles. The highest BCUT2D eigenvalue weighted by atomic mass is 32.2. The van der Waals surface area contributed by atoms with Gasteiger partial charge in [-0.05, 0) is 37.8 Å². The van der Waals surface area contributed by atoms with Gasteiger partial charge in [-0.1, -0.05) is 18.2 Å². The summed E-state index contributed by atoms with van der Waals surface area (Å²) in [4.78, 5) is 19.6. The first-order chi connectivity index (χ1) is 11.7. The number of piperidine rings is 1. The smallest absolute Gasteiger partial charge is 0.222 e. The number of aromatic nitrogens is 3. The second-order valence-electron chi connectivity index (χ2n) is 6.23. The van der Waals surface area contributed by atoms with Gasteiger partial charge in [0.2, 0.25) is 5.91 Å². The Hall–Kier alpha value is -1.82. The van der Waals surface area contributed by atoms with Gasteiger partial charge in [0, 0.05) is 36.2 Å². The SMILES string of the molecule is Cc1ccccc1SC1CCN(C(=O)CCCn2cncn2)CC1. The summed E-state index contributed by atoms with van der Waals surface area (Å²) in [5.41, 5.74) is 1.34. The molecule has 0 bridgehead atoms. The molecule has 3 rings (SSSR count). The Morgan fingerprint density at radius 2 is 2.08 bits per heavy atom. The number of hydrogen-bond acceptors (Lipinski definition) is 4. The predicted molar refractivity (Wildman–Crippen MR) is 95.9 cm³/mol. The van der Waals surface area contributed by atoms with Crippen molar-refractivity contribution >= 4 is 17.7 Å². The molecule has 0 saturated carbocycles. The maximum absolute atomic E-state index is 12.3. The minimum absolute atomic E-state index is 0.273. The van der Waals surface area contributed by atoms with Crippen LogP contribution in [0.2, 0.25) is 0 Å². The van der Waals surface area contributed by atoms with E-state index in [1.165, 1.54) is 16.8 Å². The molecule has 1 aliphatic heterocycles.